The maximum atomic E-state index is 13.4. The van der Waals surface area contributed by atoms with E-state index in [1.54, 1.807) is 51.8 Å². The minimum atomic E-state index is -1.12. The van der Waals surface area contributed by atoms with Gasteiger partial charge in [0, 0.05) is 30.3 Å². The van der Waals surface area contributed by atoms with Crippen LogP contribution in [-0.4, -0.2) is 82.2 Å². The van der Waals surface area contributed by atoms with Crippen LogP contribution in [0.15, 0.2) is 25.3 Å². The number of carbonyl (C=O) groups excluding carboxylic acids is 5. The number of nitrogens with zero attached hydrogens (tertiary/aromatic N) is 2. The van der Waals surface area contributed by atoms with Gasteiger partial charge < -0.3 is 14.2 Å². The van der Waals surface area contributed by atoms with Crippen LogP contribution in [0.25, 0.3) is 0 Å². The number of likely N-dealkylation sites (tertiary alicyclic amines) is 1. The summed E-state index contributed by atoms with van der Waals surface area (Å²) >= 11 is 0. The van der Waals surface area contributed by atoms with Crippen LogP contribution in [-0.2, 0) is 43.0 Å². The van der Waals surface area contributed by atoms with E-state index in [1.807, 2.05) is 27.7 Å². The summed E-state index contributed by atoms with van der Waals surface area (Å²) in [6.45, 7) is 23.5. The Morgan fingerprint density at radius 2 is 1.42 bits per heavy atom. The molecule has 0 aromatic heterocycles. The molecule has 252 valence electrons. The fraction of sp³-hybridized carbons (Fsp3) is 0.735. The van der Waals surface area contributed by atoms with Gasteiger partial charge in [0.2, 0.25) is 11.8 Å². The molecule has 2 amide bonds. The van der Waals surface area contributed by atoms with E-state index in [-0.39, 0.29) is 30.1 Å². The molecule has 3 aliphatic rings. The standard InChI is InChI=1S/C34H52N2O9/c1-13-20-15-21(14-2)26-25(20)27(38)35(28(26)39)19-24(37)43-22-16-33(8,9)36(34(10,11)17-22)45-23(29(40)44-31(3,4)5)18-32(6,7)30(41)42-12/h13-14,20-23,25-26H,1-2,15-19H2,3-12H3/t20?,21?,23?,25-,26+. The van der Waals surface area contributed by atoms with Gasteiger partial charge in [-0.1, -0.05) is 12.2 Å². The summed E-state index contributed by atoms with van der Waals surface area (Å²) in [4.78, 5) is 73.0. The Hall–Kier alpha value is -3.05. The number of carbonyl (C=O) groups is 5. The van der Waals surface area contributed by atoms with E-state index in [0.717, 1.165) is 4.90 Å². The van der Waals surface area contributed by atoms with Crippen molar-refractivity contribution in [2.24, 2.45) is 29.1 Å². The normalized spacial score (nSPS) is 27.5. The highest BCUT2D eigenvalue weighted by Gasteiger charge is 2.58. The van der Waals surface area contributed by atoms with Crippen molar-refractivity contribution in [3.05, 3.63) is 25.3 Å². The Morgan fingerprint density at radius 3 is 1.84 bits per heavy atom. The van der Waals surface area contributed by atoms with E-state index >= 15 is 0 Å². The number of allylic oxidation sites excluding steroid dienone is 2. The van der Waals surface area contributed by atoms with Gasteiger partial charge in [0.15, 0.2) is 6.10 Å². The Morgan fingerprint density at radius 1 is 0.933 bits per heavy atom. The highest BCUT2D eigenvalue weighted by Crippen LogP contribution is 2.48. The number of hydroxylamine groups is 2. The van der Waals surface area contributed by atoms with E-state index in [1.165, 1.54) is 7.11 Å². The van der Waals surface area contributed by atoms with Gasteiger partial charge in [-0.3, -0.25) is 28.9 Å². The molecule has 11 nitrogen and oxygen atoms in total. The lowest BCUT2D eigenvalue weighted by Gasteiger charge is -2.54. The molecule has 45 heavy (non-hydrogen) atoms. The fourth-order valence-corrected chi connectivity index (χ4v) is 7.30. The number of amides is 2. The maximum Gasteiger partial charge on any atom is 0.337 e. The van der Waals surface area contributed by atoms with Gasteiger partial charge in [-0.05, 0) is 80.6 Å². The molecule has 11 heteroatoms. The van der Waals surface area contributed by atoms with Crippen LogP contribution in [0, 0.1) is 29.1 Å². The lowest BCUT2D eigenvalue weighted by molar-refractivity contribution is -0.316. The van der Waals surface area contributed by atoms with E-state index in [4.69, 9.17) is 19.0 Å². The van der Waals surface area contributed by atoms with Crippen molar-refractivity contribution in [3.8, 4) is 0 Å². The van der Waals surface area contributed by atoms with Crippen LogP contribution < -0.4 is 0 Å². The molecule has 1 saturated carbocycles. The maximum absolute atomic E-state index is 13.4. The predicted octanol–water partition coefficient (Wildman–Crippen LogP) is 4.39. The lowest BCUT2D eigenvalue weighted by Crippen LogP contribution is -2.63. The third-order valence-corrected chi connectivity index (χ3v) is 9.04. The first kappa shape index (κ1) is 36.4. The largest absolute Gasteiger partial charge is 0.469 e. The van der Waals surface area contributed by atoms with Crippen molar-refractivity contribution in [1.29, 1.82) is 0 Å². The van der Waals surface area contributed by atoms with Gasteiger partial charge in [-0.25, -0.2) is 4.79 Å². The number of piperidine rings is 1. The Kier molecular flexibility index (Phi) is 10.5. The Labute approximate surface area is 267 Å². The molecule has 2 heterocycles. The van der Waals surface area contributed by atoms with Gasteiger partial charge in [0.05, 0.1) is 24.4 Å². The topological polar surface area (TPSA) is 129 Å². The summed E-state index contributed by atoms with van der Waals surface area (Å²) in [6.07, 6.45) is 3.06. The van der Waals surface area contributed by atoms with Crippen LogP contribution in [0.4, 0.5) is 0 Å². The number of esters is 3. The van der Waals surface area contributed by atoms with Crippen LogP contribution in [0.3, 0.4) is 0 Å². The molecule has 0 N–H and O–H groups in total. The number of hydrogen-bond donors (Lipinski definition) is 0. The smallest absolute Gasteiger partial charge is 0.337 e. The lowest BCUT2D eigenvalue weighted by atomic mass is 9.80. The molecular weight excluding hydrogens is 580 g/mol. The second-order valence-electron chi connectivity index (χ2n) is 15.5. The number of methoxy groups -OCH3 is 1. The molecule has 3 unspecified atom stereocenters. The molecule has 0 aromatic rings. The molecule has 3 rings (SSSR count). The van der Waals surface area contributed by atoms with E-state index in [2.05, 4.69) is 13.2 Å². The Bertz CT molecular complexity index is 1160. The first-order valence-electron chi connectivity index (χ1n) is 15.7. The molecular formula is C34H52N2O9. The summed E-state index contributed by atoms with van der Waals surface area (Å²) < 4.78 is 16.5. The van der Waals surface area contributed by atoms with Gasteiger partial charge >= 0.3 is 17.9 Å². The average Bonchev–Trinajstić information content (AvgIpc) is 3.39. The highest BCUT2D eigenvalue weighted by molar-refractivity contribution is 6.07. The van der Waals surface area contributed by atoms with Gasteiger partial charge in [-0.2, -0.15) is 5.06 Å². The van der Waals surface area contributed by atoms with Crippen LogP contribution in [0.1, 0.15) is 88.0 Å². The fourth-order valence-electron chi connectivity index (χ4n) is 7.30. The second-order valence-corrected chi connectivity index (χ2v) is 15.5. The SMILES string of the molecule is C=CC1CC(C=C)[C@@H]2C(=O)N(CC(=O)OC3CC(C)(C)N(OC(CC(C)(C)C(=O)OC)C(=O)OC(C)(C)C)C(C)(C)C3)C(=O)[C@H]12. The molecule has 2 aliphatic heterocycles. The molecule has 3 fully saturated rings. The number of ether oxygens (including phenoxy) is 3. The van der Waals surface area contributed by atoms with E-state index < -0.39 is 70.6 Å². The molecule has 0 radical (unpaired) electrons. The van der Waals surface area contributed by atoms with Gasteiger partial charge in [-0.15, -0.1) is 13.2 Å². The van der Waals surface area contributed by atoms with Crippen molar-refractivity contribution >= 4 is 29.7 Å². The second kappa shape index (κ2) is 13.0. The summed E-state index contributed by atoms with van der Waals surface area (Å²) in [5.41, 5.74) is -3.31. The number of rotatable bonds is 11. The quantitative estimate of drug-likeness (QED) is 0.140. The summed E-state index contributed by atoms with van der Waals surface area (Å²) in [5, 5.41) is 1.73. The average molecular weight is 633 g/mol. The molecule has 2 saturated heterocycles. The zero-order valence-electron chi connectivity index (χ0n) is 28.6. The third kappa shape index (κ3) is 7.85. The monoisotopic (exact) mass is 632 g/mol. The first-order chi connectivity index (χ1) is 20.6. The number of imide groups is 1. The van der Waals surface area contributed by atoms with Crippen LogP contribution in [0.5, 0.6) is 0 Å². The minimum Gasteiger partial charge on any atom is -0.469 e. The van der Waals surface area contributed by atoms with Crippen LogP contribution in [0.2, 0.25) is 0 Å². The molecule has 1 aliphatic carbocycles. The van der Waals surface area contributed by atoms with E-state index in [9.17, 15) is 24.0 Å². The van der Waals surface area contributed by atoms with Crippen molar-refractivity contribution in [3.63, 3.8) is 0 Å². The highest BCUT2D eigenvalue weighted by atomic mass is 16.7. The molecule has 5 atom stereocenters. The molecule has 0 aromatic carbocycles. The molecule has 0 bridgehead atoms. The predicted molar refractivity (Wildman–Crippen MR) is 166 cm³/mol. The van der Waals surface area contributed by atoms with Gasteiger partial charge in [0.25, 0.3) is 0 Å². The van der Waals surface area contributed by atoms with Crippen molar-refractivity contribution in [1.82, 2.24) is 9.96 Å². The number of hydrogen-bond acceptors (Lipinski definition) is 10. The molecule has 0 spiro atoms. The number of fused-ring (bicyclic) bond motifs is 1. The third-order valence-electron chi connectivity index (χ3n) is 9.04. The summed E-state index contributed by atoms with van der Waals surface area (Å²) in [7, 11) is 1.29. The zero-order valence-corrected chi connectivity index (χ0v) is 28.6. The van der Waals surface area contributed by atoms with Crippen molar-refractivity contribution < 1.29 is 43.0 Å². The first-order valence-corrected chi connectivity index (χ1v) is 15.7. The minimum absolute atomic E-state index is 0.00889. The summed E-state index contributed by atoms with van der Waals surface area (Å²) in [5.74, 6) is -3.87. The van der Waals surface area contributed by atoms with Crippen molar-refractivity contribution in [2.45, 2.75) is 117 Å². The van der Waals surface area contributed by atoms with E-state index in [0.29, 0.717) is 19.3 Å². The van der Waals surface area contributed by atoms with Crippen LogP contribution >= 0.6 is 0 Å². The Balaban J connectivity index is 1.75. The van der Waals surface area contributed by atoms with Crippen molar-refractivity contribution in [2.75, 3.05) is 13.7 Å². The zero-order chi connectivity index (χ0) is 34.3. The summed E-state index contributed by atoms with van der Waals surface area (Å²) in [6, 6.07) is 0. The van der Waals surface area contributed by atoms with Gasteiger partial charge in [0.1, 0.15) is 18.2 Å².